The van der Waals surface area contributed by atoms with Crippen LogP contribution < -0.4 is 21.3 Å². The maximum atomic E-state index is 11.3. The number of hydrazone groups is 2. The number of sulfonamides is 1. The second-order valence-electron chi connectivity index (χ2n) is 8.62. The van der Waals surface area contributed by atoms with E-state index in [1.807, 2.05) is 19.1 Å². The second kappa shape index (κ2) is 13.9. The Morgan fingerprint density at radius 2 is 1.95 bits per heavy atom. The number of carbonyl (C=O) groups excluding carboxylic acids is 1. The number of benzene rings is 2. The Morgan fingerprint density at radius 3 is 2.50 bits per heavy atom. The lowest BCUT2D eigenvalue weighted by Gasteiger charge is -2.19. The van der Waals surface area contributed by atoms with E-state index in [1.165, 1.54) is 12.3 Å². The van der Waals surface area contributed by atoms with Crippen molar-refractivity contribution in [2.45, 2.75) is 24.8 Å². The molecule has 16 heteroatoms. The average molecular weight is 611 g/mol. The molecule has 0 bridgehead atoms. The van der Waals surface area contributed by atoms with Gasteiger partial charge in [0.25, 0.3) is 0 Å². The van der Waals surface area contributed by atoms with Crippen LogP contribution in [0.25, 0.3) is 0 Å². The highest BCUT2D eigenvalue weighted by Crippen LogP contribution is 2.28. The van der Waals surface area contributed by atoms with Crippen LogP contribution in [-0.2, 0) is 21.4 Å². The Kier molecular flexibility index (Phi) is 10.4. The summed E-state index contributed by atoms with van der Waals surface area (Å²) in [6.07, 6.45) is 1.89. The maximum absolute atomic E-state index is 11.3. The zero-order valence-electron chi connectivity index (χ0n) is 21.8. The van der Waals surface area contributed by atoms with Gasteiger partial charge in [-0.2, -0.15) is 20.7 Å². The molecule has 2 aromatic carbocycles. The fourth-order valence-corrected chi connectivity index (χ4v) is 4.70. The van der Waals surface area contributed by atoms with Crippen molar-refractivity contribution in [1.29, 1.82) is 10.5 Å². The number of rotatable bonds is 8. The lowest BCUT2D eigenvalue weighted by molar-refractivity contribution is -0.121. The minimum atomic E-state index is -4.11. The molecule has 1 atom stereocenters. The third-order valence-electron chi connectivity index (χ3n) is 5.59. The molecule has 6 N–H and O–H groups in total. The van der Waals surface area contributed by atoms with Crippen LogP contribution in [0.2, 0.25) is 5.02 Å². The minimum Gasteiger partial charge on any atom is -0.478 e. The summed E-state index contributed by atoms with van der Waals surface area (Å²) in [6, 6.07) is 16.0. The molecule has 0 radical (unpaired) electrons. The van der Waals surface area contributed by atoms with Crippen LogP contribution in [0.1, 0.15) is 35.0 Å². The Bertz CT molecular complexity index is 1710. The van der Waals surface area contributed by atoms with E-state index in [-0.39, 0.29) is 40.4 Å². The predicted octanol–water partition coefficient (Wildman–Crippen LogP) is 3.25. The number of nitrogens with two attached hydrogens (primary N) is 1. The lowest BCUT2D eigenvalue weighted by atomic mass is 9.94. The van der Waals surface area contributed by atoms with Crippen molar-refractivity contribution in [3.63, 3.8) is 0 Å². The Labute approximate surface area is 245 Å². The van der Waals surface area contributed by atoms with E-state index in [1.54, 1.807) is 36.4 Å². The molecule has 1 aliphatic heterocycles. The van der Waals surface area contributed by atoms with E-state index in [9.17, 15) is 18.0 Å². The van der Waals surface area contributed by atoms with Gasteiger partial charge >= 0.3 is 5.97 Å². The number of hydrogen-bond acceptors (Lipinski definition) is 11. The van der Waals surface area contributed by atoms with Crippen molar-refractivity contribution in [1.82, 2.24) is 5.43 Å². The van der Waals surface area contributed by atoms with Crippen molar-refractivity contribution in [2.24, 2.45) is 21.3 Å². The first-order chi connectivity index (χ1) is 19.9. The number of furan rings is 1. The largest absolute Gasteiger partial charge is 0.478 e. The van der Waals surface area contributed by atoms with Gasteiger partial charge < -0.3 is 14.8 Å². The predicted molar refractivity (Wildman–Crippen MR) is 153 cm³/mol. The van der Waals surface area contributed by atoms with Crippen LogP contribution in [0, 0.1) is 28.6 Å². The van der Waals surface area contributed by atoms with Gasteiger partial charge in [0.15, 0.2) is 0 Å². The fourth-order valence-electron chi connectivity index (χ4n) is 3.60. The number of halogens is 1. The SMILES string of the molecule is C[C@@H]1CC(=O)NN=C1c1ccc(NN=C(C#N)C#N)cc1.NS(=O)(=O)c1cc(C(=O)O)c(NCc2ccco2)cc1Cl. The molecule has 0 fully saturated rings. The van der Waals surface area contributed by atoms with Crippen LogP contribution in [-0.4, -0.2) is 36.8 Å². The third kappa shape index (κ3) is 8.39. The number of carboxylic acid groups (broad SMARTS) is 1. The van der Waals surface area contributed by atoms with Gasteiger partial charge in [0.05, 0.1) is 40.5 Å². The second-order valence-corrected chi connectivity index (χ2v) is 10.6. The number of carbonyl (C=O) groups is 2. The van der Waals surface area contributed by atoms with E-state index in [2.05, 4.69) is 26.4 Å². The average Bonchev–Trinajstić information content (AvgIpc) is 3.46. The smallest absolute Gasteiger partial charge is 0.337 e. The topological polar surface area (TPSA) is 236 Å². The molecule has 42 heavy (non-hydrogen) atoms. The van der Waals surface area contributed by atoms with Gasteiger partial charge in [0, 0.05) is 12.3 Å². The summed E-state index contributed by atoms with van der Waals surface area (Å²) < 4.78 is 27.8. The van der Waals surface area contributed by atoms with Crippen molar-refractivity contribution < 1.29 is 27.5 Å². The number of primary sulfonamides is 1. The van der Waals surface area contributed by atoms with Gasteiger partial charge in [-0.25, -0.2) is 23.8 Å². The molecule has 0 saturated carbocycles. The van der Waals surface area contributed by atoms with Crippen LogP contribution in [0.4, 0.5) is 11.4 Å². The van der Waals surface area contributed by atoms with E-state index < -0.39 is 20.9 Å². The van der Waals surface area contributed by atoms with Gasteiger partial charge in [-0.3, -0.25) is 10.2 Å². The number of anilines is 2. The normalized spacial score (nSPS) is 14.1. The van der Waals surface area contributed by atoms with Crippen molar-refractivity contribution >= 4 is 56.3 Å². The Balaban J connectivity index is 0.000000230. The maximum Gasteiger partial charge on any atom is 0.337 e. The van der Waals surface area contributed by atoms with Gasteiger partial charge in [-0.05, 0) is 42.0 Å². The molecule has 216 valence electrons. The highest BCUT2D eigenvalue weighted by molar-refractivity contribution is 7.89. The molecule has 3 aromatic rings. The molecule has 14 nitrogen and oxygen atoms in total. The molecular weight excluding hydrogens is 588 g/mol. The van der Waals surface area contributed by atoms with Gasteiger partial charge in [-0.1, -0.05) is 30.7 Å². The molecule has 0 saturated heterocycles. The first kappa shape index (κ1) is 31.3. The zero-order chi connectivity index (χ0) is 30.9. The van der Waals surface area contributed by atoms with E-state index in [0.717, 1.165) is 17.3 Å². The molecule has 2 heterocycles. The number of nitriles is 2. The summed E-state index contributed by atoms with van der Waals surface area (Å²) in [4.78, 5) is 22.0. The quantitative estimate of drug-likeness (QED) is 0.184. The van der Waals surface area contributed by atoms with E-state index in [4.69, 9.17) is 36.8 Å². The number of amides is 1. The van der Waals surface area contributed by atoms with Gasteiger partial charge in [0.1, 0.15) is 22.8 Å². The van der Waals surface area contributed by atoms with Crippen molar-refractivity contribution in [2.75, 3.05) is 10.7 Å². The standard InChI is InChI=1S/C14H12N6O.C12H11ClN2O5S/c1-9-6-13(21)19-20-14(9)10-2-4-11(5-3-10)17-18-12(7-15)8-16;13-9-5-10(15-6-7-2-1-3-20-7)8(12(16)17)4-11(9)21(14,18)19/h2-5,9,17H,6H2,1H3,(H,19,21);1-5,15H,6H2,(H,16,17)(H2,14,18,19)/t9-;/m1./s1. The first-order valence-electron chi connectivity index (χ1n) is 11.9. The highest BCUT2D eigenvalue weighted by atomic mass is 35.5. The summed E-state index contributed by atoms with van der Waals surface area (Å²) in [5.41, 5.74) is 7.13. The van der Waals surface area contributed by atoms with Crippen LogP contribution in [0.5, 0.6) is 0 Å². The van der Waals surface area contributed by atoms with Crippen LogP contribution in [0.15, 0.2) is 74.3 Å². The van der Waals surface area contributed by atoms with Gasteiger partial charge in [0.2, 0.25) is 21.6 Å². The molecular formula is C26H23ClN8O6S. The summed E-state index contributed by atoms with van der Waals surface area (Å²) in [6.45, 7) is 2.17. The Morgan fingerprint density at radius 1 is 1.26 bits per heavy atom. The molecule has 1 amide bonds. The van der Waals surface area contributed by atoms with Crippen molar-refractivity contribution in [3.8, 4) is 12.1 Å². The van der Waals surface area contributed by atoms with Gasteiger partial charge in [-0.15, -0.1) is 0 Å². The summed E-state index contributed by atoms with van der Waals surface area (Å²) in [5, 5.41) is 41.7. The third-order valence-corrected chi connectivity index (χ3v) is 6.97. The molecule has 4 rings (SSSR count). The van der Waals surface area contributed by atoms with E-state index in [0.29, 0.717) is 17.9 Å². The number of hydrogen-bond donors (Lipinski definition) is 5. The number of carboxylic acids is 1. The summed E-state index contributed by atoms with van der Waals surface area (Å²) >= 11 is 5.84. The molecule has 1 aromatic heterocycles. The van der Waals surface area contributed by atoms with Crippen LogP contribution >= 0.6 is 11.6 Å². The fraction of sp³-hybridized carbons (Fsp3) is 0.154. The Hall–Kier alpha value is -5.22. The molecule has 1 aliphatic rings. The highest BCUT2D eigenvalue weighted by Gasteiger charge is 2.22. The monoisotopic (exact) mass is 610 g/mol. The molecule has 0 unspecified atom stereocenters. The lowest BCUT2D eigenvalue weighted by Crippen LogP contribution is -2.31. The first-order valence-corrected chi connectivity index (χ1v) is 13.8. The van der Waals surface area contributed by atoms with Crippen LogP contribution in [0.3, 0.4) is 0 Å². The van der Waals surface area contributed by atoms with Crippen molar-refractivity contribution in [3.05, 3.63) is 76.7 Å². The molecule has 0 spiro atoms. The minimum absolute atomic E-state index is 0.0550. The number of nitrogens with zero attached hydrogens (tertiary/aromatic N) is 4. The number of aromatic carboxylic acids is 1. The summed E-state index contributed by atoms with van der Waals surface area (Å²) in [5.74, 6) is -0.754. The molecule has 0 aliphatic carbocycles. The summed E-state index contributed by atoms with van der Waals surface area (Å²) in [7, 11) is -4.11. The number of nitrogens with one attached hydrogen (secondary N) is 3. The zero-order valence-corrected chi connectivity index (χ0v) is 23.4. The van der Waals surface area contributed by atoms with E-state index >= 15 is 0 Å².